The van der Waals surface area contributed by atoms with Gasteiger partial charge in [-0.15, -0.1) is 0 Å². The molecule has 0 spiro atoms. The van der Waals surface area contributed by atoms with Gasteiger partial charge in [0.1, 0.15) is 0 Å². The van der Waals surface area contributed by atoms with E-state index in [1.807, 2.05) is 12.4 Å². The van der Waals surface area contributed by atoms with Crippen LogP contribution in [0, 0.1) is 5.41 Å². The first kappa shape index (κ1) is 14.5. The Bertz CT molecular complexity index is 360. The van der Waals surface area contributed by atoms with E-state index in [1.165, 1.54) is 25.7 Å². The van der Waals surface area contributed by atoms with Crippen LogP contribution in [0.2, 0.25) is 0 Å². The summed E-state index contributed by atoms with van der Waals surface area (Å²) in [7, 11) is 0. The fourth-order valence-electron chi connectivity index (χ4n) is 2.46. The third-order valence-electron chi connectivity index (χ3n) is 3.22. The third-order valence-corrected chi connectivity index (χ3v) is 4.41. The first-order chi connectivity index (χ1) is 8.15. The Balaban J connectivity index is 2.83. The smallest absolute Gasteiger partial charge is 0.181 e. The molecule has 1 rings (SSSR count). The predicted octanol–water partition coefficient (Wildman–Crippen LogP) is 3.83. The summed E-state index contributed by atoms with van der Waals surface area (Å²) in [5.74, 6) is 0. The minimum atomic E-state index is 0.0803. The highest BCUT2D eigenvalue weighted by Gasteiger charge is 2.27. The van der Waals surface area contributed by atoms with Gasteiger partial charge < -0.3 is 4.57 Å². The van der Waals surface area contributed by atoms with Gasteiger partial charge in [0.05, 0.1) is 0 Å². The average molecular weight is 300 g/mol. The monoisotopic (exact) mass is 299 g/mol. The van der Waals surface area contributed by atoms with Gasteiger partial charge in [0.2, 0.25) is 0 Å². The van der Waals surface area contributed by atoms with Crippen molar-refractivity contribution in [3.63, 3.8) is 0 Å². The topological polar surface area (TPSA) is 22.0 Å². The maximum atomic E-state index is 11.1. The van der Waals surface area contributed by atoms with Gasteiger partial charge in [-0.1, -0.05) is 42.6 Å². The molecule has 0 aliphatic heterocycles. The van der Waals surface area contributed by atoms with E-state index >= 15 is 0 Å². The van der Waals surface area contributed by atoms with E-state index in [2.05, 4.69) is 34.3 Å². The highest BCUT2D eigenvalue weighted by molar-refractivity contribution is 9.09. The van der Waals surface area contributed by atoms with Crippen LogP contribution in [0.1, 0.15) is 39.5 Å². The van der Waals surface area contributed by atoms with E-state index in [0.29, 0.717) is 5.41 Å². The summed E-state index contributed by atoms with van der Waals surface area (Å²) in [6.07, 6.45) is 8.63. The molecule has 17 heavy (non-hydrogen) atoms. The number of halogens is 1. The van der Waals surface area contributed by atoms with Crippen LogP contribution in [0.5, 0.6) is 0 Å². The second kappa shape index (κ2) is 7.00. The number of pyridine rings is 1. The molecule has 1 aromatic heterocycles. The second-order valence-electron chi connectivity index (χ2n) is 4.84. The maximum Gasteiger partial charge on any atom is 0.181 e. The van der Waals surface area contributed by atoms with Gasteiger partial charge in [0.25, 0.3) is 0 Å². The van der Waals surface area contributed by atoms with Crippen molar-refractivity contribution in [3.05, 3.63) is 34.7 Å². The summed E-state index contributed by atoms with van der Waals surface area (Å²) in [5, 5.41) is 1.02. The van der Waals surface area contributed by atoms with Crippen LogP contribution in [-0.4, -0.2) is 9.90 Å². The lowest BCUT2D eigenvalue weighted by molar-refractivity contribution is 0.232. The van der Waals surface area contributed by atoms with Crippen molar-refractivity contribution in [3.8, 4) is 0 Å². The molecule has 2 nitrogen and oxygen atoms in total. The van der Waals surface area contributed by atoms with Crippen LogP contribution in [0.25, 0.3) is 0 Å². The number of aromatic nitrogens is 1. The van der Waals surface area contributed by atoms with Crippen LogP contribution in [0.4, 0.5) is 0 Å². The second-order valence-corrected chi connectivity index (χ2v) is 5.40. The van der Waals surface area contributed by atoms with Gasteiger partial charge in [-0.05, 0) is 18.3 Å². The minimum absolute atomic E-state index is 0.0803. The standard InChI is InChI=1S/C14H22BrNO/c1-3-7-14(11-15,8-4-2)12-16-9-5-13(17)6-10-16/h5-6,9-10H,3-4,7-8,11-12H2,1-2H3. The van der Waals surface area contributed by atoms with Crippen LogP contribution < -0.4 is 5.43 Å². The largest absolute Gasteiger partial charge is 0.353 e. The minimum Gasteiger partial charge on any atom is -0.353 e. The first-order valence-corrected chi connectivity index (χ1v) is 7.50. The number of nitrogens with zero attached hydrogens (tertiary/aromatic N) is 1. The van der Waals surface area contributed by atoms with Crippen LogP contribution >= 0.6 is 15.9 Å². The quantitative estimate of drug-likeness (QED) is 0.701. The predicted molar refractivity (Wildman–Crippen MR) is 76.7 cm³/mol. The molecule has 0 saturated heterocycles. The molecule has 0 aromatic carbocycles. The summed E-state index contributed by atoms with van der Waals surface area (Å²) >= 11 is 3.67. The molecule has 3 heteroatoms. The molecule has 1 aromatic rings. The number of hydrogen-bond donors (Lipinski definition) is 0. The third kappa shape index (κ3) is 4.30. The molecule has 96 valence electrons. The van der Waals surface area contributed by atoms with Crippen LogP contribution in [0.15, 0.2) is 29.3 Å². The summed E-state index contributed by atoms with van der Waals surface area (Å²) in [6, 6.07) is 3.27. The lowest BCUT2D eigenvalue weighted by Gasteiger charge is -2.32. The van der Waals surface area contributed by atoms with Gasteiger partial charge in [-0.2, -0.15) is 0 Å². The van der Waals surface area contributed by atoms with E-state index in [-0.39, 0.29) is 5.43 Å². The molecule has 1 heterocycles. The van der Waals surface area contributed by atoms with Crippen molar-refractivity contribution >= 4 is 15.9 Å². The highest BCUT2D eigenvalue weighted by Crippen LogP contribution is 2.33. The van der Waals surface area contributed by atoms with E-state index in [9.17, 15) is 4.79 Å². The van der Waals surface area contributed by atoms with Gasteiger partial charge in [0.15, 0.2) is 5.43 Å². The molecule has 0 bridgehead atoms. The lowest BCUT2D eigenvalue weighted by atomic mass is 9.81. The molecule has 0 N–H and O–H groups in total. The Morgan fingerprint density at radius 2 is 1.71 bits per heavy atom. The Morgan fingerprint density at radius 3 is 2.12 bits per heavy atom. The van der Waals surface area contributed by atoms with Crippen molar-refractivity contribution in [2.45, 2.75) is 46.1 Å². The summed E-state index contributed by atoms with van der Waals surface area (Å²) < 4.78 is 2.13. The molecule has 0 unspecified atom stereocenters. The van der Waals surface area contributed by atoms with Crippen molar-refractivity contribution in [2.75, 3.05) is 5.33 Å². The SMILES string of the molecule is CCCC(CBr)(CCC)Cn1ccc(=O)cc1. The molecule has 0 saturated carbocycles. The highest BCUT2D eigenvalue weighted by atomic mass is 79.9. The molecular weight excluding hydrogens is 278 g/mol. The zero-order valence-corrected chi connectivity index (χ0v) is 12.4. The first-order valence-electron chi connectivity index (χ1n) is 6.38. The van der Waals surface area contributed by atoms with Crippen molar-refractivity contribution in [2.24, 2.45) is 5.41 Å². The fraction of sp³-hybridized carbons (Fsp3) is 0.643. The number of hydrogen-bond acceptors (Lipinski definition) is 1. The molecule has 0 aliphatic rings. The van der Waals surface area contributed by atoms with Crippen LogP contribution in [0.3, 0.4) is 0 Å². The van der Waals surface area contributed by atoms with Gasteiger partial charge in [-0.25, -0.2) is 0 Å². The van der Waals surface area contributed by atoms with Gasteiger partial charge >= 0.3 is 0 Å². The van der Waals surface area contributed by atoms with Crippen molar-refractivity contribution in [1.82, 2.24) is 4.57 Å². The van der Waals surface area contributed by atoms with E-state index in [1.54, 1.807) is 12.1 Å². The number of rotatable bonds is 7. The average Bonchev–Trinajstić information content (AvgIpc) is 2.33. The van der Waals surface area contributed by atoms with Crippen LogP contribution in [-0.2, 0) is 6.54 Å². The number of alkyl halides is 1. The Kier molecular flexibility index (Phi) is 5.96. The summed E-state index contributed by atoms with van der Waals surface area (Å²) in [6.45, 7) is 5.46. The molecule has 0 radical (unpaired) electrons. The normalized spacial score (nSPS) is 11.7. The van der Waals surface area contributed by atoms with Crippen molar-refractivity contribution in [1.29, 1.82) is 0 Å². The molecule has 0 atom stereocenters. The Labute approximate surface area is 112 Å². The van der Waals surface area contributed by atoms with E-state index in [4.69, 9.17) is 0 Å². The summed E-state index contributed by atoms with van der Waals surface area (Å²) in [4.78, 5) is 11.1. The molecule has 0 amide bonds. The fourth-order valence-corrected chi connectivity index (χ4v) is 3.19. The van der Waals surface area contributed by atoms with Gasteiger partial charge in [0, 0.05) is 36.4 Å². The van der Waals surface area contributed by atoms with E-state index < -0.39 is 0 Å². The molecule has 0 aliphatic carbocycles. The maximum absolute atomic E-state index is 11.1. The van der Waals surface area contributed by atoms with E-state index in [0.717, 1.165) is 11.9 Å². The Hall–Kier alpha value is -0.570. The lowest BCUT2D eigenvalue weighted by Crippen LogP contribution is -2.29. The van der Waals surface area contributed by atoms with Gasteiger partial charge in [-0.3, -0.25) is 4.79 Å². The molecule has 0 fully saturated rings. The zero-order valence-electron chi connectivity index (χ0n) is 10.8. The molecular formula is C14H22BrNO. The zero-order chi connectivity index (χ0) is 12.7. The Morgan fingerprint density at radius 1 is 1.18 bits per heavy atom. The summed E-state index contributed by atoms with van der Waals surface area (Å²) in [5.41, 5.74) is 0.398. The van der Waals surface area contributed by atoms with Crippen molar-refractivity contribution < 1.29 is 0 Å².